The Hall–Kier alpha value is -2.02. The lowest BCUT2D eigenvalue weighted by Gasteiger charge is -2.18. The molecule has 20 heavy (non-hydrogen) atoms. The van der Waals surface area contributed by atoms with Crippen molar-refractivity contribution in [2.24, 2.45) is 0 Å². The SMILES string of the molecule is CC(C)N1C(=O)S[C@@H](Nc2ccccc2C(=O)O)C1=O. The summed E-state index contributed by atoms with van der Waals surface area (Å²) in [6.07, 6.45) is 0. The lowest BCUT2D eigenvalue weighted by Crippen LogP contribution is -2.39. The van der Waals surface area contributed by atoms with Crippen molar-refractivity contribution in [1.82, 2.24) is 4.90 Å². The molecule has 7 heteroatoms. The number of nitrogens with one attached hydrogen (secondary N) is 1. The first-order chi connectivity index (χ1) is 9.41. The minimum atomic E-state index is -1.09. The van der Waals surface area contributed by atoms with Crippen LogP contribution in [0, 0.1) is 0 Å². The second kappa shape index (κ2) is 5.54. The molecular weight excluding hydrogens is 280 g/mol. The van der Waals surface area contributed by atoms with Crippen LogP contribution >= 0.6 is 11.8 Å². The van der Waals surface area contributed by atoms with Gasteiger partial charge in [0.25, 0.3) is 11.1 Å². The number of imide groups is 1. The highest BCUT2D eigenvalue weighted by atomic mass is 32.2. The van der Waals surface area contributed by atoms with Gasteiger partial charge in [0.05, 0.1) is 5.56 Å². The number of hydrogen-bond acceptors (Lipinski definition) is 5. The number of rotatable bonds is 4. The Balaban J connectivity index is 2.22. The van der Waals surface area contributed by atoms with E-state index >= 15 is 0 Å². The monoisotopic (exact) mass is 294 g/mol. The summed E-state index contributed by atoms with van der Waals surface area (Å²) in [6.45, 7) is 3.51. The molecule has 2 rings (SSSR count). The van der Waals surface area contributed by atoms with E-state index < -0.39 is 11.3 Å². The Kier molecular flexibility index (Phi) is 3.99. The van der Waals surface area contributed by atoms with E-state index in [0.717, 1.165) is 11.8 Å². The predicted octanol–water partition coefficient (Wildman–Crippen LogP) is 2.23. The van der Waals surface area contributed by atoms with Crippen LogP contribution in [0.5, 0.6) is 0 Å². The fourth-order valence-electron chi connectivity index (χ4n) is 1.92. The first kappa shape index (κ1) is 14.4. The Morgan fingerprint density at radius 1 is 1.35 bits per heavy atom. The van der Waals surface area contributed by atoms with Crippen molar-refractivity contribution in [2.75, 3.05) is 5.32 Å². The number of carboxylic acid groups (broad SMARTS) is 1. The van der Waals surface area contributed by atoms with E-state index in [9.17, 15) is 14.4 Å². The molecule has 1 fully saturated rings. The highest BCUT2D eigenvalue weighted by Crippen LogP contribution is 2.30. The first-order valence-electron chi connectivity index (χ1n) is 6.04. The smallest absolute Gasteiger partial charge is 0.337 e. The third kappa shape index (κ3) is 2.62. The summed E-state index contributed by atoms with van der Waals surface area (Å²) in [4.78, 5) is 36.2. The zero-order valence-electron chi connectivity index (χ0n) is 11.0. The van der Waals surface area contributed by atoms with Gasteiger partial charge >= 0.3 is 5.97 Å². The summed E-state index contributed by atoms with van der Waals surface area (Å²) in [7, 11) is 0. The van der Waals surface area contributed by atoms with E-state index in [-0.39, 0.29) is 22.8 Å². The highest BCUT2D eigenvalue weighted by molar-refractivity contribution is 8.15. The van der Waals surface area contributed by atoms with Gasteiger partial charge in [-0.3, -0.25) is 14.5 Å². The van der Waals surface area contributed by atoms with E-state index in [1.165, 1.54) is 11.0 Å². The van der Waals surface area contributed by atoms with Gasteiger partial charge in [-0.15, -0.1) is 0 Å². The van der Waals surface area contributed by atoms with Gasteiger partial charge in [-0.05, 0) is 37.7 Å². The molecule has 1 aliphatic rings. The molecule has 1 aromatic carbocycles. The molecule has 0 aromatic heterocycles. The lowest BCUT2D eigenvalue weighted by molar-refractivity contribution is -0.127. The van der Waals surface area contributed by atoms with Crippen molar-refractivity contribution in [3.63, 3.8) is 0 Å². The maximum Gasteiger partial charge on any atom is 0.337 e. The number of carboxylic acids is 1. The van der Waals surface area contributed by atoms with Crippen molar-refractivity contribution in [2.45, 2.75) is 25.3 Å². The van der Waals surface area contributed by atoms with Gasteiger partial charge in [0.2, 0.25) is 0 Å². The Bertz CT molecular complexity index is 573. The zero-order valence-corrected chi connectivity index (χ0v) is 11.8. The van der Waals surface area contributed by atoms with Gasteiger partial charge in [-0.2, -0.15) is 0 Å². The van der Waals surface area contributed by atoms with Gasteiger partial charge in [-0.25, -0.2) is 4.79 Å². The van der Waals surface area contributed by atoms with E-state index in [1.807, 2.05) is 0 Å². The average Bonchev–Trinajstić information content (AvgIpc) is 2.64. The van der Waals surface area contributed by atoms with Crippen LogP contribution in [0.25, 0.3) is 0 Å². The van der Waals surface area contributed by atoms with Crippen LogP contribution in [-0.4, -0.2) is 38.5 Å². The van der Waals surface area contributed by atoms with E-state index in [0.29, 0.717) is 5.69 Å². The van der Waals surface area contributed by atoms with E-state index in [2.05, 4.69) is 5.32 Å². The number of amides is 2. The van der Waals surface area contributed by atoms with Crippen molar-refractivity contribution in [1.29, 1.82) is 0 Å². The van der Waals surface area contributed by atoms with Crippen LogP contribution < -0.4 is 5.32 Å². The van der Waals surface area contributed by atoms with Crippen LogP contribution in [0.4, 0.5) is 10.5 Å². The van der Waals surface area contributed by atoms with E-state index in [1.54, 1.807) is 32.0 Å². The van der Waals surface area contributed by atoms with Crippen molar-refractivity contribution < 1.29 is 19.5 Å². The number of aromatic carboxylic acids is 1. The lowest BCUT2D eigenvalue weighted by atomic mass is 10.2. The number of anilines is 1. The van der Waals surface area contributed by atoms with Gasteiger partial charge in [0, 0.05) is 11.7 Å². The topological polar surface area (TPSA) is 86.7 Å². The quantitative estimate of drug-likeness (QED) is 0.885. The van der Waals surface area contributed by atoms with Gasteiger partial charge < -0.3 is 10.4 Å². The minimum absolute atomic E-state index is 0.0661. The molecule has 2 amide bonds. The Morgan fingerprint density at radius 2 is 2.00 bits per heavy atom. The van der Waals surface area contributed by atoms with Crippen molar-refractivity contribution >= 4 is 34.6 Å². The normalized spacial score (nSPS) is 18.8. The predicted molar refractivity (Wildman–Crippen MR) is 75.8 cm³/mol. The summed E-state index contributed by atoms with van der Waals surface area (Å²) < 4.78 is 0. The Morgan fingerprint density at radius 3 is 2.55 bits per heavy atom. The fraction of sp³-hybridized carbons (Fsp3) is 0.308. The van der Waals surface area contributed by atoms with Crippen LogP contribution in [0.2, 0.25) is 0 Å². The highest BCUT2D eigenvalue weighted by Gasteiger charge is 2.41. The first-order valence-corrected chi connectivity index (χ1v) is 6.92. The molecule has 1 atom stereocenters. The molecule has 0 spiro atoms. The third-order valence-corrected chi connectivity index (χ3v) is 3.79. The molecule has 0 radical (unpaired) electrons. The fourth-order valence-corrected chi connectivity index (χ4v) is 2.93. The molecule has 0 saturated carbocycles. The molecule has 6 nitrogen and oxygen atoms in total. The van der Waals surface area contributed by atoms with Gasteiger partial charge in [-0.1, -0.05) is 12.1 Å². The molecule has 106 valence electrons. The summed E-state index contributed by atoms with van der Waals surface area (Å²) in [5.74, 6) is -1.44. The van der Waals surface area contributed by atoms with Crippen LogP contribution in [0.3, 0.4) is 0 Å². The maximum atomic E-state index is 12.1. The summed E-state index contributed by atoms with van der Waals surface area (Å²) in [5, 5.41) is 10.8. The standard InChI is InChI=1S/C13H14N2O4S/c1-7(2)15-11(16)10(20-13(15)19)14-9-6-4-3-5-8(9)12(17)18/h3-7,10,14H,1-2H3,(H,17,18)/t10-/m1/s1. The van der Waals surface area contributed by atoms with Gasteiger partial charge in [0.1, 0.15) is 0 Å². The molecule has 2 N–H and O–H groups in total. The molecule has 1 aliphatic heterocycles. The van der Waals surface area contributed by atoms with E-state index in [4.69, 9.17) is 5.11 Å². The van der Waals surface area contributed by atoms with Crippen molar-refractivity contribution in [3.05, 3.63) is 29.8 Å². The molecule has 1 heterocycles. The van der Waals surface area contributed by atoms with Crippen LogP contribution in [-0.2, 0) is 4.79 Å². The summed E-state index contributed by atoms with van der Waals surface area (Å²) >= 11 is 0.859. The number of nitrogens with zero attached hydrogens (tertiary/aromatic N) is 1. The number of thioether (sulfide) groups is 1. The summed E-state index contributed by atoms with van der Waals surface area (Å²) in [5.41, 5.74) is 0.389. The molecular formula is C13H14N2O4S. The third-order valence-electron chi connectivity index (χ3n) is 2.84. The number of benzene rings is 1. The van der Waals surface area contributed by atoms with Crippen LogP contribution in [0.1, 0.15) is 24.2 Å². The second-order valence-electron chi connectivity index (χ2n) is 4.56. The summed E-state index contributed by atoms with van der Waals surface area (Å²) in [6, 6.07) is 6.06. The molecule has 1 saturated heterocycles. The second-order valence-corrected chi connectivity index (χ2v) is 5.62. The molecule has 0 aliphatic carbocycles. The molecule has 0 unspecified atom stereocenters. The number of para-hydroxylation sites is 1. The largest absolute Gasteiger partial charge is 0.478 e. The van der Waals surface area contributed by atoms with Crippen molar-refractivity contribution in [3.8, 4) is 0 Å². The average molecular weight is 294 g/mol. The number of hydrogen-bond donors (Lipinski definition) is 2. The number of carbonyl (C=O) groups is 3. The van der Waals surface area contributed by atoms with Crippen LogP contribution in [0.15, 0.2) is 24.3 Å². The minimum Gasteiger partial charge on any atom is -0.478 e. The Labute approximate surface area is 120 Å². The number of carbonyl (C=O) groups excluding carboxylic acids is 2. The maximum absolute atomic E-state index is 12.1. The van der Waals surface area contributed by atoms with Gasteiger partial charge in [0.15, 0.2) is 5.37 Å². The molecule has 1 aromatic rings. The molecule has 0 bridgehead atoms. The zero-order chi connectivity index (χ0) is 14.9.